The summed E-state index contributed by atoms with van der Waals surface area (Å²) in [5.74, 6) is 0.0106. The van der Waals surface area contributed by atoms with E-state index in [1.807, 2.05) is 32.2 Å². The molecule has 0 aliphatic heterocycles. The van der Waals surface area contributed by atoms with Crippen LogP contribution in [0.1, 0.15) is 15.9 Å². The van der Waals surface area contributed by atoms with Crippen molar-refractivity contribution in [3.8, 4) is 11.5 Å². The van der Waals surface area contributed by atoms with E-state index in [4.69, 9.17) is 9.84 Å². The highest BCUT2D eigenvalue weighted by Gasteiger charge is 2.13. The van der Waals surface area contributed by atoms with Gasteiger partial charge in [-0.25, -0.2) is 4.79 Å². The number of rotatable bonds is 4. The molecule has 5 heteroatoms. The Balaban J connectivity index is 2.28. The summed E-state index contributed by atoms with van der Waals surface area (Å²) in [5, 5.41) is 15.3. The van der Waals surface area contributed by atoms with Gasteiger partial charge in [0.15, 0.2) is 5.75 Å². The van der Waals surface area contributed by atoms with Crippen LogP contribution in [0.2, 0.25) is 0 Å². The van der Waals surface area contributed by atoms with E-state index in [9.17, 15) is 4.79 Å². The lowest BCUT2D eigenvalue weighted by atomic mass is 10.2. The normalized spacial score (nSPS) is 10.1. The second-order valence-electron chi connectivity index (χ2n) is 3.78. The van der Waals surface area contributed by atoms with E-state index >= 15 is 0 Å². The lowest BCUT2D eigenvalue weighted by Gasteiger charge is -2.09. The summed E-state index contributed by atoms with van der Waals surface area (Å²) < 4.78 is 5.60. The lowest BCUT2D eigenvalue weighted by Crippen LogP contribution is -1.97. The molecule has 0 spiro atoms. The molecule has 0 aliphatic rings. The third-order valence-corrected chi connectivity index (χ3v) is 3.28. The van der Waals surface area contributed by atoms with Gasteiger partial charge in [-0.05, 0) is 18.6 Å². The van der Waals surface area contributed by atoms with Crippen molar-refractivity contribution in [1.82, 2.24) is 0 Å². The van der Waals surface area contributed by atoms with Crippen LogP contribution in [0.15, 0.2) is 29.0 Å². The van der Waals surface area contributed by atoms with Gasteiger partial charge in [-0.15, -0.1) is 11.3 Å². The Labute approximate surface area is 109 Å². The van der Waals surface area contributed by atoms with Crippen LogP contribution in [0, 0.1) is 6.92 Å². The minimum absolute atomic E-state index is 0.187. The molecule has 2 aromatic rings. The highest BCUT2D eigenvalue weighted by Crippen LogP contribution is 2.31. The number of thiophene rings is 1. The van der Waals surface area contributed by atoms with Gasteiger partial charge in [0, 0.05) is 29.6 Å². The predicted octanol–water partition coefficient (Wildman–Crippen LogP) is 3.59. The molecule has 0 radical (unpaired) electrons. The maximum Gasteiger partial charge on any atom is 0.340 e. The molecule has 18 heavy (non-hydrogen) atoms. The molecule has 0 saturated carbocycles. The van der Waals surface area contributed by atoms with Crippen molar-refractivity contribution in [1.29, 1.82) is 0 Å². The van der Waals surface area contributed by atoms with Gasteiger partial charge in [0.05, 0.1) is 0 Å². The Bertz CT molecular complexity index is 577. The Morgan fingerprint density at radius 2 is 2.17 bits per heavy atom. The molecule has 4 nitrogen and oxygen atoms in total. The van der Waals surface area contributed by atoms with Crippen molar-refractivity contribution in [3.05, 3.63) is 40.1 Å². The summed E-state index contributed by atoms with van der Waals surface area (Å²) >= 11 is 1.31. The number of carboxylic acids is 1. The van der Waals surface area contributed by atoms with E-state index in [2.05, 4.69) is 5.32 Å². The summed E-state index contributed by atoms with van der Waals surface area (Å²) in [5.41, 5.74) is 2.25. The van der Waals surface area contributed by atoms with Crippen molar-refractivity contribution in [2.75, 3.05) is 12.4 Å². The van der Waals surface area contributed by atoms with Crippen LogP contribution in [0.4, 0.5) is 5.69 Å². The summed E-state index contributed by atoms with van der Waals surface area (Å²) in [6.07, 6.45) is 0. The third-order valence-electron chi connectivity index (χ3n) is 2.56. The van der Waals surface area contributed by atoms with Crippen molar-refractivity contribution in [2.24, 2.45) is 0 Å². The lowest BCUT2D eigenvalue weighted by molar-refractivity contribution is 0.0695. The van der Waals surface area contributed by atoms with Crippen molar-refractivity contribution < 1.29 is 14.6 Å². The number of aromatic carboxylic acids is 1. The van der Waals surface area contributed by atoms with Crippen LogP contribution in [-0.4, -0.2) is 18.1 Å². The fourth-order valence-electron chi connectivity index (χ4n) is 1.58. The molecule has 1 aromatic carbocycles. The van der Waals surface area contributed by atoms with E-state index in [0.717, 1.165) is 11.3 Å². The molecule has 0 fully saturated rings. The zero-order chi connectivity index (χ0) is 13.1. The molecule has 0 unspecified atom stereocenters. The average Bonchev–Trinajstić information content (AvgIpc) is 2.80. The number of anilines is 1. The first-order chi connectivity index (χ1) is 8.61. The standard InChI is InChI=1S/C13H13NO3S/c1-8-3-4-9(5-11(8)14-2)17-12-7-18-6-10(12)13(15)16/h3-7,14H,1-2H3,(H,15,16). The van der Waals surface area contributed by atoms with E-state index in [0.29, 0.717) is 11.5 Å². The van der Waals surface area contributed by atoms with Gasteiger partial charge in [0.25, 0.3) is 0 Å². The second kappa shape index (κ2) is 5.10. The van der Waals surface area contributed by atoms with Crippen molar-refractivity contribution in [2.45, 2.75) is 6.92 Å². The van der Waals surface area contributed by atoms with Crippen LogP contribution < -0.4 is 10.1 Å². The number of ether oxygens (including phenoxy) is 1. The molecule has 1 heterocycles. The van der Waals surface area contributed by atoms with Crippen LogP contribution in [0.25, 0.3) is 0 Å². The van der Waals surface area contributed by atoms with E-state index in [1.165, 1.54) is 11.3 Å². The zero-order valence-electron chi connectivity index (χ0n) is 10.1. The van der Waals surface area contributed by atoms with E-state index < -0.39 is 5.97 Å². The summed E-state index contributed by atoms with van der Waals surface area (Å²) in [7, 11) is 1.83. The van der Waals surface area contributed by atoms with Crippen molar-refractivity contribution >= 4 is 23.0 Å². The molecular formula is C13H13NO3S. The first kappa shape index (κ1) is 12.4. The van der Waals surface area contributed by atoms with Gasteiger partial charge in [-0.1, -0.05) is 6.07 Å². The molecule has 94 valence electrons. The molecule has 0 bridgehead atoms. The maximum atomic E-state index is 11.0. The smallest absolute Gasteiger partial charge is 0.340 e. The number of carboxylic acid groups (broad SMARTS) is 1. The van der Waals surface area contributed by atoms with Gasteiger partial charge in [0.1, 0.15) is 11.3 Å². The first-order valence-electron chi connectivity index (χ1n) is 5.37. The van der Waals surface area contributed by atoms with E-state index in [1.54, 1.807) is 10.8 Å². The molecule has 0 aliphatic carbocycles. The molecule has 0 amide bonds. The molecule has 2 N–H and O–H groups in total. The minimum atomic E-state index is -0.979. The topological polar surface area (TPSA) is 58.6 Å². The molecule has 0 atom stereocenters. The predicted molar refractivity (Wildman–Crippen MR) is 72.1 cm³/mol. The largest absolute Gasteiger partial charge is 0.478 e. The summed E-state index contributed by atoms with van der Waals surface area (Å²) in [4.78, 5) is 11.0. The Hall–Kier alpha value is -2.01. The first-order valence-corrected chi connectivity index (χ1v) is 6.32. The number of hydrogen-bond donors (Lipinski definition) is 2. The minimum Gasteiger partial charge on any atom is -0.478 e. The number of nitrogens with one attached hydrogen (secondary N) is 1. The maximum absolute atomic E-state index is 11.0. The summed E-state index contributed by atoms with van der Waals surface area (Å²) in [6.45, 7) is 1.99. The highest BCUT2D eigenvalue weighted by atomic mass is 32.1. The van der Waals surface area contributed by atoms with E-state index in [-0.39, 0.29) is 5.56 Å². The Morgan fingerprint density at radius 1 is 1.39 bits per heavy atom. The third kappa shape index (κ3) is 2.46. The van der Waals surface area contributed by atoms with Gasteiger partial charge in [-0.2, -0.15) is 0 Å². The van der Waals surface area contributed by atoms with Gasteiger partial charge in [-0.3, -0.25) is 0 Å². The van der Waals surface area contributed by atoms with Crippen LogP contribution in [-0.2, 0) is 0 Å². The monoisotopic (exact) mass is 263 g/mol. The highest BCUT2D eigenvalue weighted by molar-refractivity contribution is 7.08. The Morgan fingerprint density at radius 3 is 2.83 bits per heavy atom. The molecule has 2 rings (SSSR count). The van der Waals surface area contributed by atoms with Crippen LogP contribution in [0.3, 0.4) is 0 Å². The second-order valence-corrected chi connectivity index (χ2v) is 4.53. The van der Waals surface area contributed by atoms with Crippen LogP contribution in [0.5, 0.6) is 11.5 Å². The number of aryl methyl sites for hydroxylation is 1. The van der Waals surface area contributed by atoms with Gasteiger partial charge in [0.2, 0.25) is 0 Å². The fraction of sp³-hybridized carbons (Fsp3) is 0.154. The zero-order valence-corrected chi connectivity index (χ0v) is 10.9. The molecule has 1 aromatic heterocycles. The average molecular weight is 263 g/mol. The molecule has 0 saturated heterocycles. The fourth-order valence-corrected chi connectivity index (χ4v) is 2.30. The quantitative estimate of drug-likeness (QED) is 0.885. The van der Waals surface area contributed by atoms with Crippen molar-refractivity contribution in [3.63, 3.8) is 0 Å². The number of carbonyl (C=O) groups is 1. The number of hydrogen-bond acceptors (Lipinski definition) is 4. The van der Waals surface area contributed by atoms with Gasteiger partial charge >= 0.3 is 5.97 Å². The summed E-state index contributed by atoms with van der Waals surface area (Å²) in [6, 6.07) is 5.59. The van der Waals surface area contributed by atoms with Crippen LogP contribution >= 0.6 is 11.3 Å². The SMILES string of the molecule is CNc1cc(Oc2cscc2C(=O)O)ccc1C. The molecular weight excluding hydrogens is 250 g/mol. The number of benzene rings is 1. The Kier molecular flexibility index (Phi) is 3.53. The van der Waals surface area contributed by atoms with Gasteiger partial charge < -0.3 is 15.2 Å².